The molecule has 0 fully saturated rings. The van der Waals surface area contributed by atoms with Gasteiger partial charge in [0.15, 0.2) is 0 Å². The van der Waals surface area contributed by atoms with Crippen molar-refractivity contribution in [3.05, 3.63) is 21.5 Å². The predicted molar refractivity (Wildman–Crippen MR) is 72.2 cm³/mol. The summed E-state index contributed by atoms with van der Waals surface area (Å²) < 4.78 is 39.2. The summed E-state index contributed by atoms with van der Waals surface area (Å²) >= 11 is -9.06. The number of hydrogen-bond donors (Lipinski definition) is 3. The molecule has 0 radical (unpaired) electrons. The number of allylic oxidation sites excluding steroid dienone is 4. The SMILES string of the molecule is CC[NH][Zr]([NH]CC)([NH]CC)([C]1=CC=CC1)[GeH]([F])[F]. The molecular weight excluding hydrogens is 376 g/mol. The standard InChI is InChI=1S/C5H5.3C2H6N.F2GeH.Zr/c1-2-4-5-3-1;3*1-2-3;1-3-2;/h1-3H,4H2;3*3H,2H2,1H3;3H;/q;3*-1;;+3. The van der Waals surface area contributed by atoms with Gasteiger partial charge < -0.3 is 0 Å². The second-order valence-corrected chi connectivity index (χ2v) is 36.4. The van der Waals surface area contributed by atoms with Crippen LogP contribution in [0.1, 0.15) is 27.2 Å². The molecule has 0 heterocycles. The van der Waals surface area contributed by atoms with Crippen LogP contribution in [0.5, 0.6) is 0 Å². The van der Waals surface area contributed by atoms with E-state index in [1.165, 1.54) is 0 Å². The van der Waals surface area contributed by atoms with Crippen LogP contribution in [-0.2, 0) is 17.1 Å². The van der Waals surface area contributed by atoms with Crippen LogP contribution in [0.25, 0.3) is 0 Å². The number of nitrogens with one attached hydrogen (secondary N) is 3. The Kier molecular flexibility index (Phi) is 6.39. The van der Waals surface area contributed by atoms with Crippen molar-refractivity contribution in [1.29, 1.82) is 0 Å². The van der Waals surface area contributed by atoms with Gasteiger partial charge >= 0.3 is 114 Å². The van der Waals surface area contributed by atoms with Crippen LogP contribution in [0, 0.1) is 0 Å². The summed E-state index contributed by atoms with van der Waals surface area (Å²) in [6.07, 6.45) is 6.43. The zero-order valence-corrected chi connectivity index (χ0v) is 16.3. The van der Waals surface area contributed by atoms with E-state index in [0.29, 0.717) is 26.1 Å². The first-order valence-corrected chi connectivity index (χ1v) is 22.0. The summed E-state index contributed by atoms with van der Waals surface area (Å²) in [5.74, 6) is 0. The molecule has 0 unspecified atom stereocenters. The van der Waals surface area contributed by atoms with Crippen LogP contribution in [0.4, 0.5) is 7.00 Å². The van der Waals surface area contributed by atoms with E-state index >= 15 is 0 Å². The number of hydrogen-bond acceptors (Lipinski definition) is 3. The Labute approximate surface area is 113 Å². The number of halogens is 2. The van der Waals surface area contributed by atoms with Crippen molar-refractivity contribution in [2.45, 2.75) is 27.2 Å². The molecule has 0 atom stereocenters. The van der Waals surface area contributed by atoms with Crippen LogP contribution in [0.2, 0.25) is 0 Å². The van der Waals surface area contributed by atoms with E-state index in [-0.39, 0.29) is 0 Å². The van der Waals surface area contributed by atoms with Crippen LogP contribution < -0.4 is 9.78 Å². The molecule has 0 aromatic carbocycles. The van der Waals surface area contributed by atoms with Gasteiger partial charge in [0.1, 0.15) is 0 Å². The molecule has 0 bridgehead atoms. The van der Waals surface area contributed by atoms with Crippen LogP contribution in [0.3, 0.4) is 0 Å². The van der Waals surface area contributed by atoms with E-state index in [0.717, 1.165) is 3.28 Å². The van der Waals surface area contributed by atoms with Crippen molar-refractivity contribution >= 4 is 11.5 Å². The van der Waals surface area contributed by atoms with Crippen molar-refractivity contribution < 1.29 is 24.1 Å². The average molecular weight is 400 g/mol. The molecule has 0 saturated heterocycles. The molecule has 0 aliphatic heterocycles. The van der Waals surface area contributed by atoms with Gasteiger partial charge in [0, 0.05) is 0 Å². The van der Waals surface area contributed by atoms with Crippen molar-refractivity contribution in [1.82, 2.24) is 9.78 Å². The van der Waals surface area contributed by atoms with E-state index in [1.807, 2.05) is 39.0 Å². The fourth-order valence-electron chi connectivity index (χ4n) is 2.83. The van der Waals surface area contributed by atoms with Crippen LogP contribution >= 0.6 is 0 Å². The topological polar surface area (TPSA) is 36.1 Å². The van der Waals surface area contributed by atoms with Gasteiger partial charge in [-0.3, -0.25) is 0 Å². The third-order valence-corrected chi connectivity index (χ3v) is 40.9. The Morgan fingerprint density at radius 3 is 1.89 bits per heavy atom. The molecule has 0 amide bonds. The molecule has 0 spiro atoms. The molecule has 0 saturated carbocycles. The normalized spacial score (nSPS) is 17.9. The first-order chi connectivity index (χ1) is 8.56. The van der Waals surface area contributed by atoms with E-state index in [1.54, 1.807) is 0 Å². The Morgan fingerprint density at radius 2 is 1.61 bits per heavy atom. The van der Waals surface area contributed by atoms with E-state index in [2.05, 4.69) is 9.78 Å². The molecular formula is C11H24F2GeN3Zr. The summed E-state index contributed by atoms with van der Waals surface area (Å²) in [5.41, 5.74) is 0. The summed E-state index contributed by atoms with van der Waals surface area (Å²) in [5, 5.41) is 0. The molecule has 7 heteroatoms. The monoisotopic (exact) mass is 400 g/mol. The first-order valence-electron chi connectivity index (χ1n) is 6.62. The second-order valence-electron chi connectivity index (χ2n) is 4.54. The molecule has 18 heavy (non-hydrogen) atoms. The molecule has 0 aromatic rings. The molecule has 1 aliphatic carbocycles. The van der Waals surface area contributed by atoms with Gasteiger partial charge in [-0.05, 0) is 0 Å². The summed E-state index contributed by atoms with van der Waals surface area (Å²) in [7, 11) is 0. The van der Waals surface area contributed by atoms with Gasteiger partial charge in [-0.15, -0.1) is 0 Å². The average Bonchev–Trinajstić information content (AvgIpc) is 2.84. The van der Waals surface area contributed by atoms with E-state index < -0.39 is 28.6 Å². The quantitative estimate of drug-likeness (QED) is 0.544. The second kappa shape index (κ2) is 6.89. The third-order valence-electron chi connectivity index (χ3n) is 3.51. The van der Waals surface area contributed by atoms with Crippen molar-refractivity contribution in [3.63, 3.8) is 0 Å². The first kappa shape index (κ1) is 16.7. The fourth-order valence-corrected chi connectivity index (χ4v) is 34.6. The third kappa shape index (κ3) is 2.73. The summed E-state index contributed by atoms with van der Waals surface area (Å²) in [6, 6.07) is 0. The van der Waals surface area contributed by atoms with Gasteiger partial charge in [0.2, 0.25) is 0 Å². The minimum absolute atomic E-state index is 0.582. The maximum absolute atomic E-state index is 14.2. The van der Waals surface area contributed by atoms with Crippen LogP contribution in [0.15, 0.2) is 21.5 Å². The summed E-state index contributed by atoms with van der Waals surface area (Å²) in [4.78, 5) is 0. The van der Waals surface area contributed by atoms with Gasteiger partial charge in [0.05, 0.1) is 0 Å². The van der Waals surface area contributed by atoms with Crippen molar-refractivity contribution in [3.8, 4) is 0 Å². The Morgan fingerprint density at radius 1 is 1.11 bits per heavy atom. The van der Waals surface area contributed by atoms with Crippen LogP contribution in [-0.4, -0.2) is 31.1 Å². The predicted octanol–water partition coefficient (Wildman–Crippen LogP) is 1.75. The zero-order chi connectivity index (χ0) is 13.7. The van der Waals surface area contributed by atoms with Gasteiger partial charge in [-0.25, -0.2) is 0 Å². The fraction of sp³-hybridized carbons (Fsp3) is 0.636. The van der Waals surface area contributed by atoms with Gasteiger partial charge in [-0.1, -0.05) is 0 Å². The molecule has 1 rings (SSSR count). The number of rotatable bonds is 8. The van der Waals surface area contributed by atoms with Gasteiger partial charge in [-0.2, -0.15) is 0 Å². The molecule has 105 valence electrons. The zero-order valence-electron chi connectivity index (χ0n) is 11.4. The summed E-state index contributed by atoms with van der Waals surface area (Å²) in [6.45, 7) is 7.48. The van der Waals surface area contributed by atoms with Crippen molar-refractivity contribution in [2.75, 3.05) is 19.6 Å². The molecule has 0 aromatic heterocycles. The van der Waals surface area contributed by atoms with E-state index in [9.17, 15) is 7.00 Å². The maximum atomic E-state index is 14.2. The van der Waals surface area contributed by atoms with Gasteiger partial charge in [0.25, 0.3) is 0 Å². The Hall–Kier alpha value is 0.646. The molecule has 3 N–H and O–H groups in total. The van der Waals surface area contributed by atoms with E-state index in [4.69, 9.17) is 0 Å². The minimum atomic E-state index is -4.63. The Balaban J connectivity index is 3.31. The van der Waals surface area contributed by atoms with Crippen molar-refractivity contribution in [2.24, 2.45) is 0 Å². The molecule has 3 nitrogen and oxygen atoms in total. The molecule has 1 aliphatic rings. The Bertz CT molecular complexity index is 327.